The van der Waals surface area contributed by atoms with Gasteiger partial charge in [-0.15, -0.1) is 0 Å². The van der Waals surface area contributed by atoms with Crippen molar-refractivity contribution in [2.24, 2.45) is 0 Å². The molecule has 1 rings (SSSR count). The number of ether oxygens (including phenoxy) is 2. The number of carbonyl (C=O) groups excluding carboxylic acids is 1. The van der Waals surface area contributed by atoms with Gasteiger partial charge < -0.3 is 9.47 Å². The first-order valence-corrected chi connectivity index (χ1v) is 6.47. The van der Waals surface area contributed by atoms with Crippen molar-refractivity contribution in [2.75, 3.05) is 7.11 Å². The second-order valence-corrected chi connectivity index (χ2v) is 4.61. The highest BCUT2D eigenvalue weighted by Crippen LogP contribution is 2.27. The van der Waals surface area contributed by atoms with E-state index >= 15 is 0 Å². The number of aryl methyl sites for hydroxylation is 1. The van der Waals surface area contributed by atoms with Crippen LogP contribution in [0.25, 0.3) is 0 Å². The highest BCUT2D eigenvalue weighted by molar-refractivity contribution is 6.32. The zero-order chi connectivity index (χ0) is 13.5. The van der Waals surface area contributed by atoms with Crippen LogP contribution in [0.5, 0.6) is 5.75 Å². The number of unbranched alkanes of at least 4 members (excludes halogenated alkanes) is 1. The Kier molecular flexibility index (Phi) is 5.99. The SMILES string of the molecule is CCCCC(Oc1cc(C)ccc1Cl)C(=O)OC. The molecule has 4 heteroatoms. The first-order chi connectivity index (χ1) is 8.58. The average Bonchev–Trinajstić information content (AvgIpc) is 2.37. The third-order valence-corrected chi connectivity index (χ3v) is 2.95. The molecule has 0 spiro atoms. The van der Waals surface area contributed by atoms with Gasteiger partial charge in [-0.25, -0.2) is 4.79 Å². The summed E-state index contributed by atoms with van der Waals surface area (Å²) in [4.78, 5) is 11.6. The Bertz CT molecular complexity index is 404. The van der Waals surface area contributed by atoms with Gasteiger partial charge in [0.05, 0.1) is 12.1 Å². The lowest BCUT2D eigenvalue weighted by molar-refractivity contribution is -0.149. The van der Waals surface area contributed by atoms with Crippen molar-refractivity contribution in [1.82, 2.24) is 0 Å². The molecule has 0 saturated heterocycles. The lowest BCUT2D eigenvalue weighted by atomic mass is 10.1. The zero-order valence-electron chi connectivity index (χ0n) is 11.0. The molecule has 100 valence electrons. The number of carbonyl (C=O) groups is 1. The van der Waals surface area contributed by atoms with Crippen LogP contribution in [0.1, 0.15) is 31.7 Å². The van der Waals surface area contributed by atoms with Gasteiger partial charge in [-0.05, 0) is 37.5 Å². The van der Waals surface area contributed by atoms with Crippen molar-refractivity contribution in [3.63, 3.8) is 0 Å². The molecule has 1 aromatic carbocycles. The second-order valence-electron chi connectivity index (χ2n) is 4.21. The fraction of sp³-hybridized carbons (Fsp3) is 0.500. The molecule has 3 nitrogen and oxygen atoms in total. The first-order valence-electron chi connectivity index (χ1n) is 6.09. The van der Waals surface area contributed by atoms with E-state index < -0.39 is 6.10 Å². The maximum Gasteiger partial charge on any atom is 0.347 e. The van der Waals surface area contributed by atoms with E-state index in [-0.39, 0.29) is 5.97 Å². The van der Waals surface area contributed by atoms with Crippen molar-refractivity contribution >= 4 is 17.6 Å². The van der Waals surface area contributed by atoms with Crippen LogP contribution in [-0.2, 0) is 9.53 Å². The minimum atomic E-state index is -0.589. The number of hydrogen-bond acceptors (Lipinski definition) is 3. The average molecular weight is 271 g/mol. The van der Waals surface area contributed by atoms with E-state index in [9.17, 15) is 4.79 Å². The minimum absolute atomic E-state index is 0.360. The molecule has 0 aromatic heterocycles. The van der Waals surface area contributed by atoms with Crippen LogP contribution in [0.3, 0.4) is 0 Å². The Morgan fingerprint density at radius 3 is 2.78 bits per heavy atom. The zero-order valence-corrected chi connectivity index (χ0v) is 11.8. The molecule has 1 atom stereocenters. The van der Waals surface area contributed by atoms with E-state index in [0.717, 1.165) is 18.4 Å². The van der Waals surface area contributed by atoms with Gasteiger partial charge in [-0.3, -0.25) is 0 Å². The minimum Gasteiger partial charge on any atom is -0.477 e. The van der Waals surface area contributed by atoms with E-state index in [1.165, 1.54) is 7.11 Å². The van der Waals surface area contributed by atoms with Crippen LogP contribution in [0.4, 0.5) is 0 Å². The Morgan fingerprint density at radius 1 is 1.44 bits per heavy atom. The van der Waals surface area contributed by atoms with Crippen molar-refractivity contribution < 1.29 is 14.3 Å². The van der Waals surface area contributed by atoms with Gasteiger partial charge in [0.15, 0.2) is 6.10 Å². The van der Waals surface area contributed by atoms with Gasteiger partial charge in [0.1, 0.15) is 5.75 Å². The van der Waals surface area contributed by atoms with Crippen LogP contribution in [0, 0.1) is 6.92 Å². The molecule has 0 aliphatic carbocycles. The lowest BCUT2D eigenvalue weighted by Gasteiger charge is -2.17. The number of hydrogen-bond donors (Lipinski definition) is 0. The summed E-state index contributed by atoms with van der Waals surface area (Å²) in [6.07, 6.45) is 1.95. The molecule has 0 amide bonds. The normalized spacial score (nSPS) is 12.0. The Balaban J connectivity index is 2.81. The quantitative estimate of drug-likeness (QED) is 0.739. The molecule has 0 bridgehead atoms. The van der Waals surface area contributed by atoms with Crippen molar-refractivity contribution in [3.05, 3.63) is 28.8 Å². The molecule has 0 radical (unpaired) electrons. The molecule has 0 saturated carbocycles. The Labute approximate surface area is 113 Å². The van der Waals surface area contributed by atoms with Gasteiger partial charge in [0.25, 0.3) is 0 Å². The van der Waals surface area contributed by atoms with Crippen molar-refractivity contribution in [3.8, 4) is 5.75 Å². The van der Waals surface area contributed by atoms with Gasteiger partial charge in [-0.1, -0.05) is 31.0 Å². The van der Waals surface area contributed by atoms with Crippen LogP contribution in [-0.4, -0.2) is 19.2 Å². The van der Waals surface area contributed by atoms with E-state index in [1.54, 1.807) is 6.07 Å². The molecule has 0 aliphatic rings. The highest BCUT2D eigenvalue weighted by Gasteiger charge is 2.21. The Morgan fingerprint density at radius 2 is 2.17 bits per heavy atom. The fourth-order valence-corrected chi connectivity index (χ4v) is 1.76. The number of rotatable bonds is 6. The third-order valence-electron chi connectivity index (χ3n) is 2.64. The molecule has 0 heterocycles. The first kappa shape index (κ1) is 14.8. The molecule has 1 unspecified atom stereocenters. The van der Waals surface area contributed by atoms with Gasteiger partial charge >= 0.3 is 5.97 Å². The molecular formula is C14H19ClO3. The number of esters is 1. The summed E-state index contributed by atoms with van der Waals surface area (Å²) in [6.45, 7) is 4.01. The summed E-state index contributed by atoms with van der Waals surface area (Å²) in [5.41, 5.74) is 1.04. The summed E-state index contributed by atoms with van der Waals surface area (Å²) < 4.78 is 10.4. The molecular weight excluding hydrogens is 252 g/mol. The van der Waals surface area contributed by atoms with Crippen molar-refractivity contribution in [1.29, 1.82) is 0 Å². The predicted octanol–water partition coefficient (Wildman–Crippen LogP) is 3.76. The standard InChI is InChI=1S/C14H19ClO3/c1-4-5-6-12(14(16)17-3)18-13-9-10(2)7-8-11(13)15/h7-9,12H,4-6H2,1-3H3. The van der Waals surface area contributed by atoms with Crippen LogP contribution >= 0.6 is 11.6 Å². The number of methoxy groups -OCH3 is 1. The summed E-state index contributed by atoms with van der Waals surface area (Å²) in [6, 6.07) is 5.49. The smallest absolute Gasteiger partial charge is 0.347 e. The van der Waals surface area contributed by atoms with Crippen LogP contribution in [0.2, 0.25) is 5.02 Å². The summed E-state index contributed by atoms with van der Waals surface area (Å²) in [5, 5.41) is 0.506. The summed E-state index contributed by atoms with van der Waals surface area (Å²) in [5.74, 6) is 0.171. The van der Waals surface area contributed by atoms with Gasteiger partial charge in [-0.2, -0.15) is 0 Å². The monoisotopic (exact) mass is 270 g/mol. The fourth-order valence-electron chi connectivity index (χ4n) is 1.60. The van der Waals surface area contributed by atoms with Gasteiger partial charge in [0, 0.05) is 0 Å². The van der Waals surface area contributed by atoms with Crippen LogP contribution in [0.15, 0.2) is 18.2 Å². The third kappa shape index (κ3) is 4.22. The summed E-state index contributed by atoms with van der Waals surface area (Å²) >= 11 is 6.05. The highest BCUT2D eigenvalue weighted by atomic mass is 35.5. The predicted molar refractivity (Wildman–Crippen MR) is 72.1 cm³/mol. The molecule has 0 aliphatic heterocycles. The second kappa shape index (κ2) is 7.27. The van der Waals surface area contributed by atoms with E-state index in [2.05, 4.69) is 6.92 Å². The van der Waals surface area contributed by atoms with E-state index in [0.29, 0.717) is 17.2 Å². The largest absolute Gasteiger partial charge is 0.477 e. The number of benzene rings is 1. The number of halogens is 1. The maximum atomic E-state index is 11.6. The molecule has 0 fully saturated rings. The molecule has 1 aromatic rings. The van der Waals surface area contributed by atoms with Crippen LogP contribution < -0.4 is 4.74 Å². The molecule has 18 heavy (non-hydrogen) atoms. The Hall–Kier alpha value is -1.22. The summed E-state index contributed by atoms with van der Waals surface area (Å²) in [7, 11) is 1.36. The van der Waals surface area contributed by atoms with E-state index in [4.69, 9.17) is 21.1 Å². The van der Waals surface area contributed by atoms with Crippen molar-refractivity contribution in [2.45, 2.75) is 39.2 Å². The van der Waals surface area contributed by atoms with E-state index in [1.807, 2.05) is 19.1 Å². The van der Waals surface area contributed by atoms with Gasteiger partial charge in [0.2, 0.25) is 0 Å². The topological polar surface area (TPSA) is 35.5 Å². The lowest BCUT2D eigenvalue weighted by Crippen LogP contribution is -2.28. The maximum absolute atomic E-state index is 11.6. The molecule has 0 N–H and O–H groups in total.